The average Bonchev–Trinajstić information content (AvgIpc) is 2.61. The van der Waals surface area contributed by atoms with Crippen molar-refractivity contribution in [1.29, 1.82) is 0 Å². The number of rotatable bonds is 4. The first-order valence-electron chi connectivity index (χ1n) is 8.01. The number of halogens is 1. The number of pyridine rings is 1. The summed E-state index contributed by atoms with van der Waals surface area (Å²) in [5, 5.41) is 0.788. The van der Waals surface area contributed by atoms with E-state index in [1.807, 2.05) is 0 Å². The van der Waals surface area contributed by atoms with Gasteiger partial charge in [0.1, 0.15) is 0 Å². The van der Waals surface area contributed by atoms with Gasteiger partial charge in [0.05, 0.1) is 29.3 Å². The summed E-state index contributed by atoms with van der Waals surface area (Å²) in [5.74, 6) is 0. The van der Waals surface area contributed by atoms with E-state index in [-0.39, 0.29) is 0 Å². The van der Waals surface area contributed by atoms with Gasteiger partial charge in [-0.15, -0.1) is 6.42 Å². The normalized spacial score (nSPS) is 10.3. The van der Waals surface area contributed by atoms with Gasteiger partial charge in [-0.25, -0.2) is 0 Å². The van der Waals surface area contributed by atoms with Crippen LogP contribution in [0.2, 0.25) is 0 Å². The summed E-state index contributed by atoms with van der Waals surface area (Å²) in [4.78, 5) is 21.4. The number of nitrogens with zero attached hydrogens (tertiary/aromatic N) is 1. The van der Waals surface area contributed by atoms with Gasteiger partial charge in [-0.05, 0) is 53.7 Å². The van der Waals surface area contributed by atoms with Gasteiger partial charge in [-0.2, -0.15) is 0 Å². The summed E-state index contributed by atoms with van der Waals surface area (Å²) >= 11 is 1.62. The van der Waals surface area contributed by atoms with Gasteiger partial charge in [0.25, 0.3) is 6.47 Å². The van der Waals surface area contributed by atoms with Gasteiger partial charge >= 0.3 is 27.0 Å². The van der Waals surface area contributed by atoms with E-state index in [9.17, 15) is 0 Å². The van der Waals surface area contributed by atoms with Crippen LogP contribution in [-0.4, -0.2) is 35.7 Å². The molecule has 0 bridgehead atoms. The number of hydrogen-bond acceptors (Lipinski definition) is 4. The third-order valence-electron chi connectivity index (χ3n) is 3.39. The zero-order chi connectivity index (χ0) is 21.4. The minimum atomic E-state index is -0.535. The molecule has 7 heteroatoms. The second kappa shape index (κ2) is 16.8. The maximum atomic E-state index is 8.95. The quantitative estimate of drug-likeness (QED) is 0.265. The van der Waals surface area contributed by atoms with Gasteiger partial charge in [0.15, 0.2) is 0 Å². The van der Waals surface area contributed by atoms with E-state index >= 15 is 0 Å². The molecule has 0 atom stereocenters. The molecule has 1 aromatic rings. The SMILES string of the molecule is COC=O.[CH-]=O.[CH2-]Cc1cccc(C[PH+](C(C)(C)C)C(C)(C)C)n1.[Cl][RuH+2]. The van der Waals surface area contributed by atoms with Gasteiger partial charge in [-0.3, -0.25) is 16.6 Å². The fraction of sp³-hybridized carbons (Fsp3) is 0.579. The first kappa shape index (κ1) is 30.4. The predicted octanol–water partition coefficient (Wildman–Crippen LogP) is 4.70. The van der Waals surface area contributed by atoms with E-state index in [0.717, 1.165) is 18.3 Å². The van der Waals surface area contributed by atoms with Crippen molar-refractivity contribution in [3.05, 3.63) is 36.5 Å². The summed E-state index contributed by atoms with van der Waals surface area (Å²) in [5.41, 5.74) is 2.35. The second-order valence-corrected chi connectivity index (χ2v) is 11.7. The molecule has 0 fully saturated rings. The van der Waals surface area contributed by atoms with E-state index in [4.69, 9.17) is 14.6 Å². The van der Waals surface area contributed by atoms with Crippen LogP contribution in [0.15, 0.2) is 18.2 Å². The van der Waals surface area contributed by atoms with Crippen LogP contribution in [0.4, 0.5) is 0 Å². The predicted molar refractivity (Wildman–Crippen MR) is 112 cm³/mol. The third kappa shape index (κ3) is 14.8. The summed E-state index contributed by atoms with van der Waals surface area (Å²) in [6, 6.07) is 6.35. The number of methoxy groups -OCH3 is 1. The van der Waals surface area contributed by atoms with Crippen LogP contribution in [0.1, 0.15) is 52.9 Å². The standard InChI is InChI=1S/C16H27NP.C2H4O2.CHO.ClH.Ru.H/c1-8-13-10-9-11-14(17-13)12-18(15(2,3)4)16(5,6)7;1-4-2-3;1-2;;;/h9-11H,1,8,12H2,2-7H3;2H,1H3;1H;1H;;/q-1;;-1;;+3;. The molecule has 0 aliphatic heterocycles. The summed E-state index contributed by atoms with van der Waals surface area (Å²) < 4.78 is 3.86. The topological polar surface area (TPSA) is 56.3 Å². The Labute approximate surface area is 175 Å². The average molecular weight is 492 g/mol. The van der Waals surface area contributed by atoms with Crippen molar-refractivity contribution in [2.45, 2.75) is 64.4 Å². The van der Waals surface area contributed by atoms with Crippen molar-refractivity contribution in [1.82, 2.24) is 4.98 Å². The van der Waals surface area contributed by atoms with Gasteiger partial charge < -0.3 is 16.5 Å². The van der Waals surface area contributed by atoms with Crippen molar-refractivity contribution < 1.29 is 31.6 Å². The number of ether oxygens (including phenoxy) is 1. The van der Waals surface area contributed by atoms with Crippen LogP contribution >= 0.6 is 17.6 Å². The molecular formula is C19H34ClNO3PRu+. The number of carbonyl (C=O) groups is 1. The zero-order valence-electron chi connectivity index (χ0n) is 16.9. The van der Waals surface area contributed by atoms with Crippen molar-refractivity contribution >= 4 is 30.9 Å². The Balaban J connectivity index is -0.000000568. The molecule has 26 heavy (non-hydrogen) atoms. The fourth-order valence-electron chi connectivity index (χ4n) is 2.60. The van der Waals surface area contributed by atoms with E-state index in [0.29, 0.717) is 16.8 Å². The summed E-state index contributed by atoms with van der Waals surface area (Å²) in [6.07, 6.45) is 1.92. The van der Waals surface area contributed by atoms with Crippen LogP contribution in [0.5, 0.6) is 0 Å². The molecule has 0 aliphatic carbocycles. The first-order valence-corrected chi connectivity index (χ1v) is 12.1. The summed E-state index contributed by atoms with van der Waals surface area (Å²) in [7, 11) is 5.39. The van der Waals surface area contributed by atoms with Crippen LogP contribution in [-0.2, 0) is 44.2 Å². The third-order valence-corrected chi connectivity index (χ3v) is 7.72. The molecule has 1 heterocycles. The van der Waals surface area contributed by atoms with E-state index in [1.54, 1.807) is 17.3 Å². The van der Waals surface area contributed by atoms with E-state index in [2.05, 4.69) is 87.9 Å². The Bertz CT molecular complexity index is 463. The Kier molecular flexibility index (Phi) is 19.6. The van der Waals surface area contributed by atoms with Crippen molar-refractivity contribution in [3.8, 4) is 0 Å². The molecule has 0 aromatic carbocycles. The molecule has 0 saturated carbocycles. The first-order chi connectivity index (χ1) is 12.1. The minimum absolute atomic E-state index is 0.375. The molecule has 1 rings (SSSR count). The molecule has 0 spiro atoms. The molecule has 0 amide bonds. The van der Waals surface area contributed by atoms with E-state index < -0.39 is 7.92 Å². The fourth-order valence-corrected chi connectivity index (χ4v) is 6.47. The second-order valence-electron chi connectivity index (χ2n) is 7.36. The zero-order valence-corrected chi connectivity index (χ0v) is 20.5. The number of carbonyl (C=O) groups excluding carboxylic acids is 2. The molecule has 0 aliphatic rings. The Morgan fingerprint density at radius 1 is 1.15 bits per heavy atom. The van der Waals surface area contributed by atoms with Crippen LogP contribution in [0, 0.1) is 6.92 Å². The van der Waals surface area contributed by atoms with Crippen molar-refractivity contribution in [2.24, 2.45) is 0 Å². The van der Waals surface area contributed by atoms with Gasteiger partial charge in [-0.1, -0.05) is 6.07 Å². The Hall–Kier alpha value is -0.367. The molecular weight excluding hydrogens is 458 g/mol. The molecule has 4 nitrogen and oxygen atoms in total. The van der Waals surface area contributed by atoms with E-state index in [1.165, 1.54) is 12.8 Å². The van der Waals surface area contributed by atoms with Gasteiger partial charge in [0.2, 0.25) is 0 Å². The maximum absolute atomic E-state index is 8.95. The molecule has 0 N–H and O–H groups in total. The number of aromatic nitrogens is 1. The monoisotopic (exact) mass is 492 g/mol. The Morgan fingerprint density at radius 3 is 1.85 bits per heavy atom. The van der Waals surface area contributed by atoms with Crippen LogP contribution in [0.25, 0.3) is 0 Å². The molecule has 0 unspecified atom stereocenters. The molecule has 0 saturated heterocycles. The van der Waals surface area contributed by atoms with Gasteiger partial charge in [0, 0.05) is 13.6 Å². The van der Waals surface area contributed by atoms with Crippen molar-refractivity contribution in [3.63, 3.8) is 0 Å². The number of hydrogen-bond donors (Lipinski definition) is 0. The molecule has 152 valence electrons. The van der Waals surface area contributed by atoms with Crippen LogP contribution in [0.3, 0.4) is 0 Å². The van der Waals surface area contributed by atoms with Crippen LogP contribution < -0.4 is 0 Å². The summed E-state index contributed by atoms with van der Waals surface area (Å²) in [6.45, 7) is 21.8. The Morgan fingerprint density at radius 2 is 1.54 bits per heavy atom. The molecule has 0 radical (unpaired) electrons. The van der Waals surface area contributed by atoms with Crippen molar-refractivity contribution in [2.75, 3.05) is 7.11 Å². The molecule has 1 aromatic heterocycles.